The fraction of sp³-hybridized carbons (Fsp3) is 0.296. The molecule has 202 valence electrons. The van der Waals surface area contributed by atoms with Crippen molar-refractivity contribution in [3.05, 3.63) is 76.6 Å². The van der Waals surface area contributed by atoms with Gasteiger partial charge in [-0.25, -0.2) is 19.3 Å². The van der Waals surface area contributed by atoms with Crippen LogP contribution < -0.4 is 32.4 Å². The summed E-state index contributed by atoms with van der Waals surface area (Å²) in [6.45, 7) is 0.622. The van der Waals surface area contributed by atoms with Crippen LogP contribution in [-0.2, 0) is 6.54 Å². The molecule has 1 aromatic carbocycles. The Labute approximate surface area is 223 Å². The number of halogens is 1. The van der Waals surface area contributed by atoms with E-state index in [0.717, 1.165) is 31.7 Å². The lowest BCUT2D eigenvalue weighted by Crippen LogP contribution is -2.43. The number of nitrogens with one attached hydrogen (secondary N) is 2. The highest BCUT2D eigenvalue weighted by Crippen LogP contribution is 2.28. The Kier molecular flexibility index (Phi) is 7.64. The van der Waals surface area contributed by atoms with Crippen LogP contribution in [0.25, 0.3) is 11.0 Å². The summed E-state index contributed by atoms with van der Waals surface area (Å²) in [5.74, 6) is -1.06. The first-order valence-electron chi connectivity index (χ1n) is 12.7. The minimum atomic E-state index is -0.815. The number of primary amides is 1. The second-order valence-electron chi connectivity index (χ2n) is 9.40. The molecule has 1 fully saturated rings. The van der Waals surface area contributed by atoms with Gasteiger partial charge in [-0.2, -0.15) is 0 Å². The molecule has 0 saturated heterocycles. The van der Waals surface area contributed by atoms with Gasteiger partial charge in [-0.1, -0.05) is 18.9 Å². The van der Waals surface area contributed by atoms with Crippen LogP contribution in [0, 0.1) is 5.82 Å². The van der Waals surface area contributed by atoms with Crippen molar-refractivity contribution < 1.29 is 13.9 Å². The first-order valence-corrected chi connectivity index (χ1v) is 12.7. The summed E-state index contributed by atoms with van der Waals surface area (Å²) in [5, 5.41) is 6.15. The Bertz CT molecular complexity index is 1560. The molecule has 11 nitrogen and oxygen atoms in total. The van der Waals surface area contributed by atoms with Crippen LogP contribution in [0.3, 0.4) is 0 Å². The minimum absolute atomic E-state index is 0.00462. The molecule has 39 heavy (non-hydrogen) atoms. The van der Waals surface area contributed by atoms with Crippen molar-refractivity contribution in [3.63, 3.8) is 0 Å². The van der Waals surface area contributed by atoms with Crippen LogP contribution in [-0.4, -0.2) is 44.1 Å². The Hall–Kier alpha value is -4.58. The molecule has 0 bridgehead atoms. The van der Waals surface area contributed by atoms with Crippen molar-refractivity contribution >= 4 is 34.3 Å². The van der Waals surface area contributed by atoms with Crippen LogP contribution in [0.15, 0.2) is 59.7 Å². The molecule has 1 aliphatic rings. The normalized spacial score (nSPS) is 17.1. The fourth-order valence-corrected chi connectivity index (χ4v) is 4.56. The monoisotopic (exact) mass is 532 g/mol. The first kappa shape index (κ1) is 26.0. The Morgan fingerprint density at radius 1 is 1.10 bits per heavy atom. The standard InChI is InChI=1S/C27H29FN8O3/c28-18-14-17(25(30)38)26(35-27(18)34-20-6-2-1-5-19(20)29)32-16-8-9-21-22(13-16)31-15-23(33-21)39-12-11-36-10-4-3-7-24(36)37/h3-4,7-10,13-15,19-20H,1-2,5-6,11-12,29H2,(H2,30,38)(H2,32,34,35). The highest BCUT2D eigenvalue weighted by Gasteiger charge is 2.24. The maximum absolute atomic E-state index is 14.8. The van der Waals surface area contributed by atoms with E-state index in [0.29, 0.717) is 29.1 Å². The quantitative estimate of drug-likeness (QED) is 0.254. The van der Waals surface area contributed by atoms with E-state index >= 15 is 0 Å². The van der Waals surface area contributed by atoms with E-state index < -0.39 is 11.7 Å². The third-order valence-electron chi connectivity index (χ3n) is 6.65. The maximum atomic E-state index is 14.8. The molecule has 1 aliphatic carbocycles. The lowest BCUT2D eigenvalue weighted by Gasteiger charge is -2.30. The molecular formula is C27H29FN8O3. The molecular weight excluding hydrogens is 503 g/mol. The van der Waals surface area contributed by atoms with Crippen LogP contribution in [0.1, 0.15) is 36.0 Å². The van der Waals surface area contributed by atoms with E-state index in [-0.39, 0.29) is 41.4 Å². The molecule has 0 spiro atoms. The van der Waals surface area contributed by atoms with Gasteiger partial charge in [0.15, 0.2) is 11.6 Å². The summed E-state index contributed by atoms with van der Waals surface area (Å²) < 4.78 is 22.0. The van der Waals surface area contributed by atoms with Gasteiger partial charge in [0.1, 0.15) is 12.4 Å². The van der Waals surface area contributed by atoms with Crippen molar-refractivity contribution in [2.45, 2.75) is 44.3 Å². The van der Waals surface area contributed by atoms with E-state index in [1.165, 1.54) is 12.3 Å². The van der Waals surface area contributed by atoms with Gasteiger partial charge in [0.25, 0.3) is 11.5 Å². The molecule has 1 amide bonds. The molecule has 5 rings (SSSR count). The van der Waals surface area contributed by atoms with Crippen molar-refractivity contribution in [2.75, 3.05) is 17.2 Å². The molecule has 6 N–H and O–H groups in total. The van der Waals surface area contributed by atoms with Crippen LogP contribution in [0.2, 0.25) is 0 Å². The highest BCUT2D eigenvalue weighted by atomic mass is 19.1. The van der Waals surface area contributed by atoms with Gasteiger partial charge in [0.05, 0.1) is 29.3 Å². The van der Waals surface area contributed by atoms with Crippen LogP contribution >= 0.6 is 0 Å². The summed E-state index contributed by atoms with van der Waals surface area (Å²) in [7, 11) is 0. The zero-order valence-electron chi connectivity index (χ0n) is 21.1. The van der Waals surface area contributed by atoms with E-state index in [1.807, 2.05) is 0 Å². The SMILES string of the molecule is NC(=O)c1cc(F)c(NC2CCCCC2N)nc1Nc1ccc2nc(OCCn3ccccc3=O)cnc2c1. The second kappa shape index (κ2) is 11.4. The number of ether oxygens (including phenoxy) is 1. The number of amides is 1. The van der Waals surface area contributed by atoms with Gasteiger partial charge in [0.2, 0.25) is 5.88 Å². The zero-order valence-corrected chi connectivity index (χ0v) is 21.1. The smallest absolute Gasteiger partial charge is 0.252 e. The number of carbonyl (C=O) groups excluding carboxylic acids is 1. The molecule has 2 unspecified atom stereocenters. The van der Waals surface area contributed by atoms with Crippen molar-refractivity contribution in [1.29, 1.82) is 0 Å². The molecule has 3 aromatic heterocycles. The number of hydrogen-bond donors (Lipinski definition) is 4. The molecule has 12 heteroatoms. The van der Waals surface area contributed by atoms with E-state index in [4.69, 9.17) is 16.2 Å². The first-order chi connectivity index (χ1) is 18.9. The highest BCUT2D eigenvalue weighted by molar-refractivity contribution is 5.98. The number of fused-ring (bicyclic) bond motifs is 1. The van der Waals surface area contributed by atoms with E-state index in [2.05, 4.69) is 25.6 Å². The Morgan fingerprint density at radius 2 is 1.95 bits per heavy atom. The van der Waals surface area contributed by atoms with Crippen molar-refractivity contribution in [3.8, 4) is 5.88 Å². The second-order valence-corrected chi connectivity index (χ2v) is 9.40. The summed E-state index contributed by atoms with van der Waals surface area (Å²) in [6, 6.07) is 11.0. The topological polar surface area (TPSA) is 163 Å². The lowest BCUT2D eigenvalue weighted by molar-refractivity contribution is 0.100. The van der Waals surface area contributed by atoms with Crippen LogP contribution in [0.4, 0.5) is 21.7 Å². The number of nitrogens with zero attached hydrogens (tertiary/aromatic N) is 4. The minimum Gasteiger partial charge on any atom is -0.475 e. The largest absolute Gasteiger partial charge is 0.475 e. The Balaban J connectivity index is 1.32. The van der Waals surface area contributed by atoms with Gasteiger partial charge in [0, 0.05) is 30.0 Å². The zero-order chi connectivity index (χ0) is 27.4. The summed E-state index contributed by atoms with van der Waals surface area (Å²) in [6.07, 6.45) is 6.87. The number of nitrogens with two attached hydrogens (primary N) is 2. The molecule has 4 aromatic rings. The number of aromatic nitrogens is 4. The van der Waals surface area contributed by atoms with Crippen molar-refractivity contribution in [2.24, 2.45) is 11.5 Å². The molecule has 2 atom stereocenters. The number of pyridine rings is 2. The van der Waals surface area contributed by atoms with E-state index in [1.54, 1.807) is 41.1 Å². The number of carbonyl (C=O) groups is 1. The molecule has 3 heterocycles. The fourth-order valence-electron chi connectivity index (χ4n) is 4.56. The average molecular weight is 533 g/mol. The number of rotatable bonds is 9. The number of benzene rings is 1. The molecule has 1 saturated carbocycles. The van der Waals surface area contributed by atoms with Gasteiger partial charge in [-0.15, -0.1) is 0 Å². The van der Waals surface area contributed by atoms with Gasteiger partial charge in [-0.05, 0) is 43.2 Å². The number of hydrogen-bond acceptors (Lipinski definition) is 9. The predicted molar refractivity (Wildman–Crippen MR) is 146 cm³/mol. The Morgan fingerprint density at radius 3 is 2.74 bits per heavy atom. The molecule has 0 radical (unpaired) electrons. The maximum Gasteiger partial charge on any atom is 0.252 e. The van der Waals surface area contributed by atoms with Crippen molar-refractivity contribution in [1.82, 2.24) is 19.5 Å². The number of anilines is 3. The summed E-state index contributed by atoms with van der Waals surface area (Å²) in [4.78, 5) is 37.1. The predicted octanol–water partition coefficient (Wildman–Crippen LogP) is 2.93. The molecule has 0 aliphatic heterocycles. The third kappa shape index (κ3) is 6.12. The third-order valence-corrected chi connectivity index (χ3v) is 6.65. The van der Waals surface area contributed by atoms with Gasteiger partial charge in [-0.3, -0.25) is 9.59 Å². The van der Waals surface area contributed by atoms with Gasteiger partial charge < -0.3 is 31.4 Å². The van der Waals surface area contributed by atoms with Crippen LogP contribution in [0.5, 0.6) is 5.88 Å². The summed E-state index contributed by atoms with van der Waals surface area (Å²) >= 11 is 0. The van der Waals surface area contributed by atoms with E-state index in [9.17, 15) is 14.0 Å². The average Bonchev–Trinajstić information content (AvgIpc) is 2.92. The summed E-state index contributed by atoms with van der Waals surface area (Å²) in [5.41, 5.74) is 13.2. The van der Waals surface area contributed by atoms with Gasteiger partial charge >= 0.3 is 0 Å². The lowest BCUT2D eigenvalue weighted by atomic mass is 9.91.